The minimum atomic E-state index is 0.000000000000000222. The van der Waals surface area contributed by atoms with Gasteiger partial charge in [-0.3, -0.25) is 9.89 Å². The van der Waals surface area contributed by atoms with Crippen LogP contribution < -0.4 is 17.2 Å². The van der Waals surface area contributed by atoms with Gasteiger partial charge in [-0.15, -0.1) is 0 Å². The molecule has 0 aliphatic heterocycles. The molecule has 6 nitrogen and oxygen atoms in total. The first kappa shape index (κ1) is 13.0. The fourth-order valence-electron chi connectivity index (χ4n) is 0.215. The molecule has 68 valence electrons. The van der Waals surface area contributed by atoms with Crippen molar-refractivity contribution in [1.82, 2.24) is 10.2 Å². The second kappa shape index (κ2) is 12.1. The number of nitrogens with two attached hydrogens (primary N) is 3. The van der Waals surface area contributed by atoms with Crippen LogP contribution in [0.5, 0.6) is 0 Å². The monoisotopic (exact) mass is 189 g/mol. The van der Waals surface area contributed by atoms with Crippen LogP contribution in [0.4, 0.5) is 0 Å². The van der Waals surface area contributed by atoms with Crippen LogP contribution in [0.25, 0.3) is 0 Å². The van der Waals surface area contributed by atoms with E-state index in [1.807, 2.05) is 6.07 Å². The van der Waals surface area contributed by atoms with E-state index in [4.69, 9.17) is 4.79 Å². The summed E-state index contributed by atoms with van der Waals surface area (Å²) in [6, 6.07) is 1.83. The molecule has 0 unspecified atom stereocenters. The van der Waals surface area contributed by atoms with Gasteiger partial charge in [0, 0.05) is 12.4 Å². The maximum absolute atomic E-state index is 8.58. The highest BCUT2D eigenvalue weighted by Gasteiger charge is 1.56. The molecule has 0 bridgehead atoms. The summed E-state index contributed by atoms with van der Waals surface area (Å²) in [6.45, 7) is 0. The summed E-state index contributed by atoms with van der Waals surface area (Å²) in [6.07, 6.45) is 3.71. The number of hydrogen-bond donors (Lipinski definition) is 4. The molecule has 12 heavy (non-hydrogen) atoms. The Hall–Kier alpha value is -1.63. The Balaban J connectivity index is 0. The molecule has 1 aromatic rings. The van der Waals surface area contributed by atoms with Crippen molar-refractivity contribution in [1.29, 1.82) is 0 Å². The Labute approximate surface area is 75.1 Å². The van der Waals surface area contributed by atoms with Gasteiger partial charge in [0.2, 0.25) is 6.41 Å². The number of thiocarbonyl (C=S) groups is 1. The number of carbonyl (C=O) groups excluding carboxylic acids is 1. The predicted octanol–water partition coefficient (Wildman–Crippen LogP) is -1.30. The van der Waals surface area contributed by atoms with Gasteiger partial charge >= 0.3 is 0 Å². The topological polar surface area (TPSA) is 124 Å². The predicted molar refractivity (Wildman–Crippen MR) is 49.8 cm³/mol. The van der Waals surface area contributed by atoms with Gasteiger partial charge in [0.05, 0.1) is 0 Å². The van der Waals surface area contributed by atoms with Crippen molar-refractivity contribution in [2.75, 3.05) is 0 Å². The summed E-state index contributed by atoms with van der Waals surface area (Å²) in [5, 5.41) is 6.21. The molecule has 0 saturated carbocycles. The lowest BCUT2D eigenvalue weighted by Gasteiger charge is -1.68. The van der Waals surface area contributed by atoms with Gasteiger partial charge in [-0.1, -0.05) is 0 Å². The molecule has 1 aromatic heterocycles. The molecule has 0 aliphatic rings. The largest absolute Gasteiger partial charge is 0.377 e. The Bertz CT molecular complexity index is 167. The minimum Gasteiger partial charge on any atom is -0.377 e. The molecule has 1 heterocycles. The summed E-state index contributed by atoms with van der Waals surface area (Å²) < 4.78 is 0. The van der Waals surface area contributed by atoms with Crippen molar-refractivity contribution in [2.24, 2.45) is 17.2 Å². The van der Waals surface area contributed by atoms with E-state index in [9.17, 15) is 0 Å². The van der Waals surface area contributed by atoms with Crippen LogP contribution in [0.3, 0.4) is 0 Å². The summed E-state index contributed by atoms with van der Waals surface area (Å²) >= 11 is 4.09. The minimum absolute atomic E-state index is 0.000000000000000222. The Kier molecular flexibility index (Phi) is 13.1. The molecule has 7 heteroatoms. The smallest absolute Gasteiger partial charge is 0.204 e. The SMILES string of the molecule is NC(N)=S.NC=O.c1cn[nH]c1. The van der Waals surface area contributed by atoms with Gasteiger partial charge in [-0.2, -0.15) is 5.10 Å². The first-order valence-electron chi connectivity index (χ1n) is 2.79. The molecule has 0 saturated heterocycles. The third-order valence-corrected chi connectivity index (χ3v) is 0.406. The number of amides is 1. The highest BCUT2D eigenvalue weighted by molar-refractivity contribution is 7.80. The van der Waals surface area contributed by atoms with Gasteiger partial charge in [0.15, 0.2) is 5.11 Å². The number of primary amides is 1. The number of nitrogens with zero attached hydrogens (tertiary/aromatic N) is 1. The Morgan fingerprint density at radius 3 is 2.08 bits per heavy atom. The fraction of sp³-hybridized carbons (Fsp3) is 0. The van der Waals surface area contributed by atoms with E-state index in [2.05, 4.69) is 39.6 Å². The van der Waals surface area contributed by atoms with E-state index >= 15 is 0 Å². The molecule has 0 aliphatic carbocycles. The van der Waals surface area contributed by atoms with E-state index in [0.717, 1.165) is 0 Å². The summed E-state index contributed by atoms with van der Waals surface area (Å²) in [4.78, 5) is 8.58. The fourth-order valence-corrected chi connectivity index (χ4v) is 0.215. The number of H-pyrrole nitrogens is 1. The second-order valence-electron chi connectivity index (χ2n) is 1.30. The van der Waals surface area contributed by atoms with E-state index in [1.165, 1.54) is 0 Å². The number of rotatable bonds is 0. The third kappa shape index (κ3) is 40.0. The van der Waals surface area contributed by atoms with Gasteiger partial charge < -0.3 is 17.2 Å². The lowest BCUT2D eigenvalue weighted by Crippen LogP contribution is -2.18. The molecule has 0 atom stereocenters. The number of aromatic amines is 1. The zero-order valence-electron chi connectivity index (χ0n) is 6.31. The van der Waals surface area contributed by atoms with Crippen molar-refractivity contribution in [3.8, 4) is 0 Å². The number of aromatic nitrogens is 2. The van der Waals surface area contributed by atoms with Gasteiger partial charge in [-0.05, 0) is 18.3 Å². The average Bonchev–Trinajstić information content (AvgIpc) is 2.40. The third-order valence-electron chi connectivity index (χ3n) is 0.406. The average molecular weight is 189 g/mol. The summed E-state index contributed by atoms with van der Waals surface area (Å²) in [5.41, 5.74) is 13.4. The van der Waals surface area contributed by atoms with E-state index in [-0.39, 0.29) is 11.5 Å². The molecular weight excluding hydrogens is 178 g/mol. The standard InChI is InChI=1S/C3H4N2.CH4N2S.CH3NO/c1-2-4-5-3-1;2-1(3)4;2-1-3/h1-3H,(H,4,5);(H4,2,3,4);1H,(H2,2,3). The van der Waals surface area contributed by atoms with E-state index in [1.54, 1.807) is 12.4 Å². The van der Waals surface area contributed by atoms with Crippen molar-refractivity contribution < 1.29 is 4.79 Å². The maximum Gasteiger partial charge on any atom is 0.204 e. The summed E-state index contributed by atoms with van der Waals surface area (Å²) in [7, 11) is 0. The van der Waals surface area contributed by atoms with Crippen LogP contribution in [0, 0.1) is 0 Å². The van der Waals surface area contributed by atoms with Crippen LogP contribution in [0.15, 0.2) is 18.5 Å². The quantitative estimate of drug-likeness (QED) is 0.298. The lowest BCUT2D eigenvalue weighted by molar-refractivity contribution is -0.106. The zero-order valence-corrected chi connectivity index (χ0v) is 7.12. The molecular formula is C5H11N5OS. The number of carbonyl (C=O) groups is 1. The summed E-state index contributed by atoms with van der Waals surface area (Å²) in [5.74, 6) is 0. The van der Waals surface area contributed by atoms with E-state index in [0.29, 0.717) is 0 Å². The molecule has 1 amide bonds. The first-order chi connectivity index (χ1) is 5.65. The van der Waals surface area contributed by atoms with Crippen LogP contribution in [0.2, 0.25) is 0 Å². The van der Waals surface area contributed by atoms with Crippen LogP contribution in [-0.2, 0) is 4.79 Å². The van der Waals surface area contributed by atoms with Crippen molar-refractivity contribution >= 4 is 23.7 Å². The molecule has 0 aromatic carbocycles. The van der Waals surface area contributed by atoms with Crippen LogP contribution in [0.1, 0.15) is 0 Å². The lowest BCUT2D eigenvalue weighted by atomic mass is 10.8. The highest BCUT2D eigenvalue weighted by atomic mass is 32.1. The van der Waals surface area contributed by atoms with Crippen LogP contribution in [-0.4, -0.2) is 21.7 Å². The Morgan fingerprint density at radius 2 is 2.00 bits per heavy atom. The Morgan fingerprint density at radius 1 is 1.58 bits per heavy atom. The first-order valence-corrected chi connectivity index (χ1v) is 3.20. The number of nitrogens with one attached hydrogen (secondary N) is 1. The van der Waals surface area contributed by atoms with E-state index < -0.39 is 0 Å². The van der Waals surface area contributed by atoms with Crippen molar-refractivity contribution in [3.63, 3.8) is 0 Å². The molecule has 0 spiro atoms. The zero-order chi connectivity index (χ0) is 9.82. The van der Waals surface area contributed by atoms with Crippen molar-refractivity contribution in [2.45, 2.75) is 0 Å². The molecule has 0 radical (unpaired) electrons. The highest BCUT2D eigenvalue weighted by Crippen LogP contribution is 1.64. The second-order valence-corrected chi connectivity index (χ2v) is 1.78. The maximum atomic E-state index is 8.58. The molecule has 1 rings (SSSR count). The van der Waals surface area contributed by atoms with Crippen molar-refractivity contribution in [3.05, 3.63) is 18.5 Å². The normalized spacial score (nSPS) is 6.33. The molecule has 0 fully saturated rings. The van der Waals surface area contributed by atoms with Gasteiger partial charge in [0.25, 0.3) is 0 Å². The van der Waals surface area contributed by atoms with Gasteiger partial charge in [0.1, 0.15) is 0 Å². The van der Waals surface area contributed by atoms with Gasteiger partial charge in [-0.25, -0.2) is 0 Å². The number of hydrogen-bond acceptors (Lipinski definition) is 3. The molecule has 7 N–H and O–H groups in total. The van der Waals surface area contributed by atoms with Crippen LogP contribution >= 0.6 is 12.2 Å².